The Kier molecular flexibility index (Phi) is 5.03. The number of aromatic nitrogens is 2. The highest BCUT2D eigenvalue weighted by Crippen LogP contribution is 2.36. The van der Waals surface area contributed by atoms with Crippen LogP contribution in [-0.2, 0) is 0 Å². The van der Waals surface area contributed by atoms with E-state index < -0.39 is 0 Å². The molecule has 0 bridgehead atoms. The van der Waals surface area contributed by atoms with Crippen LogP contribution in [-0.4, -0.2) is 40.3 Å². The molecule has 2 aromatic rings. The van der Waals surface area contributed by atoms with Crippen LogP contribution in [0.4, 0.5) is 0 Å². The Labute approximate surface area is 147 Å². The van der Waals surface area contributed by atoms with Crippen LogP contribution in [0.3, 0.4) is 0 Å². The van der Waals surface area contributed by atoms with Crippen molar-refractivity contribution in [3.63, 3.8) is 0 Å². The molecule has 1 fully saturated rings. The average molecular weight is 338 g/mol. The van der Waals surface area contributed by atoms with Crippen LogP contribution in [0, 0.1) is 17.2 Å². The second kappa shape index (κ2) is 7.39. The van der Waals surface area contributed by atoms with E-state index in [2.05, 4.69) is 11.2 Å². The molecule has 1 amide bonds. The van der Waals surface area contributed by atoms with E-state index in [-0.39, 0.29) is 17.6 Å². The Morgan fingerprint density at radius 3 is 2.76 bits per heavy atom. The lowest BCUT2D eigenvalue weighted by atomic mass is 10.1. The van der Waals surface area contributed by atoms with Gasteiger partial charge in [0.2, 0.25) is 0 Å². The first-order valence-electron chi connectivity index (χ1n) is 8.52. The Balaban J connectivity index is 1.91. The number of carbonyl (C=O) groups excluding carboxylic acids is 1. The van der Waals surface area contributed by atoms with E-state index in [0.29, 0.717) is 24.6 Å². The zero-order valence-corrected chi connectivity index (χ0v) is 14.6. The Morgan fingerprint density at radius 2 is 2.16 bits per heavy atom. The number of hydrogen-bond donors (Lipinski definition) is 0. The van der Waals surface area contributed by atoms with E-state index in [9.17, 15) is 4.79 Å². The molecule has 1 atom stereocenters. The van der Waals surface area contributed by atoms with Crippen molar-refractivity contribution in [1.82, 2.24) is 14.7 Å². The van der Waals surface area contributed by atoms with Crippen molar-refractivity contribution in [3.8, 4) is 17.5 Å². The van der Waals surface area contributed by atoms with Gasteiger partial charge >= 0.3 is 0 Å². The first-order chi connectivity index (χ1) is 12.2. The highest BCUT2D eigenvalue weighted by atomic mass is 16.5. The molecule has 0 aliphatic heterocycles. The molecule has 0 radical (unpaired) electrons. The van der Waals surface area contributed by atoms with Crippen LogP contribution < -0.4 is 4.74 Å². The summed E-state index contributed by atoms with van der Waals surface area (Å²) in [6.07, 6.45) is 4.29. The number of nitrogens with zero attached hydrogens (tertiary/aromatic N) is 4. The number of ether oxygens (including phenoxy) is 1. The van der Waals surface area contributed by atoms with Gasteiger partial charge in [-0.25, -0.2) is 4.68 Å². The monoisotopic (exact) mass is 338 g/mol. The van der Waals surface area contributed by atoms with Crippen molar-refractivity contribution in [2.45, 2.75) is 32.2 Å². The fraction of sp³-hybridized carbons (Fsp3) is 0.421. The van der Waals surface area contributed by atoms with E-state index in [1.54, 1.807) is 15.8 Å². The number of methoxy groups -OCH3 is 1. The van der Waals surface area contributed by atoms with E-state index in [0.717, 1.165) is 18.5 Å². The summed E-state index contributed by atoms with van der Waals surface area (Å²) in [5.41, 5.74) is 1.15. The van der Waals surface area contributed by atoms with Gasteiger partial charge in [-0.05, 0) is 37.8 Å². The molecule has 1 heterocycles. The summed E-state index contributed by atoms with van der Waals surface area (Å²) < 4.78 is 7.03. The summed E-state index contributed by atoms with van der Waals surface area (Å²) in [4.78, 5) is 14.9. The molecule has 0 N–H and O–H groups in total. The molecule has 1 aliphatic carbocycles. The molecule has 25 heavy (non-hydrogen) atoms. The van der Waals surface area contributed by atoms with E-state index in [4.69, 9.17) is 10.00 Å². The van der Waals surface area contributed by atoms with Gasteiger partial charge in [-0.3, -0.25) is 4.79 Å². The van der Waals surface area contributed by atoms with Crippen LogP contribution in [0.15, 0.2) is 36.5 Å². The van der Waals surface area contributed by atoms with Gasteiger partial charge in [-0.15, -0.1) is 0 Å². The summed E-state index contributed by atoms with van der Waals surface area (Å²) in [5.74, 6) is 0.782. The van der Waals surface area contributed by atoms with Crippen molar-refractivity contribution in [2.75, 3.05) is 13.7 Å². The second-order valence-electron chi connectivity index (χ2n) is 6.31. The van der Waals surface area contributed by atoms with Crippen molar-refractivity contribution in [2.24, 2.45) is 5.92 Å². The maximum Gasteiger partial charge on any atom is 0.278 e. The second-order valence-corrected chi connectivity index (χ2v) is 6.31. The first-order valence-corrected chi connectivity index (χ1v) is 8.52. The molecule has 0 spiro atoms. The van der Waals surface area contributed by atoms with Gasteiger partial charge < -0.3 is 9.64 Å². The number of hydrogen-bond acceptors (Lipinski definition) is 4. The molecule has 130 valence electrons. The minimum absolute atomic E-state index is 0.104. The van der Waals surface area contributed by atoms with Crippen LogP contribution in [0.25, 0.3) is 5.69 Å². The number of rotatable bonds is 7. The minimum atomic E-state index is -0.179. The summed E-state index contributed by atoms with van der Waals surface area (Å²) in [7, 11) is 1.53. The van der Waals surface area contributed by atoms with Gasteiger partial charge in [0.05, 0.1) is 31.5 Å². The Bertz CT molecular complexity index is 774. The predicted molar refractivity (Wildman–Crippen MR) is 93.6 cm³/mol. The fourth-order valence-electron chi connectivity index (χ4n) is 3.00. The minimum Gasteiger partial charge on any atom is -0.493 e. The average Bonchev–Trinajstić information content (AvgIpc) is 3.41. The van der Waals surface area contributed by atoms with Crippen LogP contribution in [0.2, 0.25) is 0 Å². The van der Waals surface area contributed by atoms with E-state index in [1.165, 1.54) is 7.11 Å². The molecule has 1 aromatic heterocycles. The summed E-state index contributed by atoms with van der Waals surface area (Å²) >= 11 is 0. The van der Waals surface area contributed by atoms with Gasteiger partial charge in [0.25, 0.3) is 5.91 Å². The fourth-order valence-corrected chi connectivity index (χ4v) is 3.00. The number of para-hydroxylation sites is 1. The van der Waals surface area contributed by atoms with Crippen molar-refractivity contribution < 1.29 is 9.53 Å². The Morgan fingerprint density at radius 1 is 1.44 bits per heavy atom. The lowest BCUT2D eigenvalue weighted by molar-refractivity contribution is 0.0667. The van der Waals surface area contributed by atoms with Crippen LogP contribution in [0.1, 0.15) is 36.7 Å². The largest absolute Gasteiger partial charge is 0.493 e. The molecular formula is C19H22N4O2. The molecule has 1 saturated carbocycles. The highest BCUT2D eigenvalue weighted by Gasteiger charge is 2.36. The molecule has 0 saturated heterocycles. The van der Waals surface area contributed by atoms with E-state index in [1.807, 2.05) is 37.3 Å². The quantitative estimate of drug-likeness (QED) is 0.778. The molecule has 1 aromatic carbocycles. The summed E-state index contributed by atoms with van der Waals surface area (Å²) in [6.45, 7) is 2.46. The number of carbonyl (C=O) groups is 1. The maximum absolute atomic E-state index is 13.1. The molecule has 6 heteroatoms. The molecule has 3 rings (SSSR count). The molecule has 6 nitrogen and oxygen atoms in total. The number of benzene rings is 1. The van der Waals surface area contributed by atoms with Crippen molar-refractivity contribution >= 4 is 5.91 Å². The SMILES string of the molecule is COc1cn(-c2ccccc2)nc1C(=O)N(CCC#N)[C@@H](C)C1CC1. The Hall–Kier alpha value is -2.81. The maximum atomic E-state index is 13.1. The zero-order valence-electron chi connectivity index (χ0n) is 14.6. The molecule has 1 aliphatic rings. The number of amides is 1. The van der Waals surface area contributed by atoms with Crippen LogP contribution in [0.5, 0.6) is 5.75 Å². The number of nitriles is 1. The lowest BCUT2D eigenvalue weighted by Gasteiger charge is -2.28. The summed E-state index contributed by atoms with van der Waals surface area (Å²) in [5, 5.41) is 13.4. The third-order valence-corrected chi connectivity index (χ3v) is 4.65. The third kappa shape index (κ3) is 3.66. The third-order valence-electron chi connectivity index (χ3n) is 4.65. The zero-order chi connectivity index (χ0) is 17.8. The van der Waals surface area contributed by atoms with Gasteiger partial charge in [-0.1, -0.05) is 18.2 Å². The molecular weight excluding hydrogens is 316 g/mol. The van der Waals surface area contributed by atoms with Crippen molar-refractivity contribution in [1.29, 1.82) is 5.26 Å². The normalized spacial score (nSPS) is 14.6. The van der Waals surface area contributed by atoms with Crippen LogP contribution >= 0.6 is 0 Å². The van der Waals surface area contributed by atoms with Gasteiger partial charge in [0.1, 0.15) is 0 Å². The topological polar surface area (TPSA) is 71.2 Å². The van der Waals surface area contributed by atoms with Gasteiger partial charge in [-0.2, -0.15) is 10.4 Å². The predicted octanol–water partition coefficient (Wildman–Crippen LogP) is 3.04. The summed E-state index contributed by atoms with van der Waals surface area (Å²) in [6, 6.07) is 11.8. The van der Waals surface area contributed by atoms with Crippen molar-refractivity contribution in [3.05, 3.63) is 42.2 Å². The highest BCUT2D eigenvalue weighted by molar-refractivity contribution is 5.95. The smallest absolute Gasteiger partial charge is 0.278 e. The standard InChI is InChI=1S/C19H22N4O2/c1-14(15-9-10-15)22(12-6-11-20)19(24)18-17(25-2)13-23(21-18)16-7-4-3-5-8-16/h3-5,7-8,13-15H,6,9-10,12H2,1-2H3/t14-/m0/s1. The lowest BCUT2D eigenvalue weighted by Crippen LogP contribution is -2.41. The van der Waals surface area contributed by atoms with Gasteiger partial charge in [0.15, 0.2) is 11.4 Å². The van der Waals surface area contributed by atoms with Gasteiger partial charge in [0, 0.05) is 12.6 Å². The van der Waals surface area contributed by atoms with E-state index >= 15 is 0 Å². The first kappa shape index (κ1) is 17.0. The molecule has 0 unspecified atom stereocenters.